The maximum atomic E-state index is 13.1. The average molecular weight is 1510 g/mol. The number of hydrogen-bond acceptors (Lipinski definition) is 15. The lowest BCUT2D eigenvalue weighted by atomic mass is 9.99. The molecule has 0 aromatic rings. The fourth-order valence-corrected chi connectivity index (χ4v) is 14.6. The summed E-state index contributed by atoms with van der Waals surface area (Å²) in [5.74, 6) is -0.531. The van der Waals surface area contributed by atoms with Gasteiger partial charge in [0.1, 0.15) is 19.3 Å². The van der Waals surface area contributed by atoms with Crippen molar-refractivity contribution in [3.8, 4) is 0 Å². The lowest BCUT2D eigenvalue weighted by Crippen LogP contribution is -2.30. The van der Waals surface area contributed by atoms with E-state index in [1.54, 1.807) is 0 Å². The SMILES string of the molecule is CCCCCCCCCCCCCCCCCCCC(=O)OC[C@H](COP(=O)(O)OC[C@@H](O)COP(=O)(O)OC[C@@H](COC(=O)CCCCCCCCCCC(C)C)OC(=O)CCCCCCCCCCCCCCCCCCC)OC(=O)CCCCCCCCCCCCCCCCC(C)CC. The third kappa shape index (κ3) is 76.6. The van der Waals surface area contributed by atoms with Crippen molar-refractivity contribution >= 4 is 39.5 Å². The molecule has 0 rings (SSSR count). The Morgan fingerprint density at radius 2 is 0.495 bits per heavy atom. The van der Waals surface area contributed by atoms with Crippen LogP contribution in [-0.4, -0.2) is 96.7 Å². The molecule has 0 bridgehead atoms. The normalized spacial score (nSPS) is 14.1. The third-order valence-corrected chi connectivity index (χ3v) is 22.0. The van der Waals surface area contributed by atoms with Crippen molar-refractivity contribution in [1.29, 1.82) is 0 Å². The Morgan fingerprint density at radius 1 is 0.282 bits per heavy atom. The Hall–Kier alpha value is -1.94. The Bertz CT molecular complexity index is 1980. The van der Waals surface area contributed by atoms with Crippen LogP contribution >= 0.6 is 15.6 Å². The van der Waals surface area contributed by atoms with Crippen LogP contribution < -0.4 is 0 Å². The summed E-state index contributed by atoms with van der Waals surface area (Å²) >= 11 is 0. The molecule has 0 aliphatic carbocycles. The number of phosphoric ester groups is 2. The van der Waals surface area contributed by atoms with Gasteiger partial charge >= 0.3 is 39.5 Å². The number of unbranched alkanes of at least 4 members (excludes halogenated alkanes) is 52. The zero-order valence-electron chi connectivity index (χ0n) is 67.6. The number of carbonyl (C=O) groups excluding carboxylic acids is 4. The molecule has 0 aliphatic heterocycles. The van der Waals surface area contributed by atoms with Gasteiger partial charge in [-0.05, 0) is 37.5 Å². The van der Waals surface area contributed by atoms with Crippen LogP contribution in [-0.2, 0) is 65.4 Å². The van der Waals surface area contributed by atoms with E-state index in [0.717, 1.165) is 102 Å². The molecule has 19 heteroatoms. The van der Waals surface area contributed by atoms with Crippen molar-refractivity contribution in [3.05, 3.63) is 0 Å². The van der Waals surface area contributed by atoms with E-state index in [1.165, 1.54) is 263 Å². The molecule has 0 aliphatic rings. The highest BCUT2D eigenvalue weighted by Crippen LogP contribution is 2.45. The van der Waals surface area contributed by atoms with Crippen molar-refractivity contribution < 1.29 is 80.2 Å². The second kappa shape index (κ2) is 75.5. The Labute approximate surface area is 632 Å². The number of hydrogen-bond donors (Lipinski definition) is 3. The maximum absolute atomic E-state index is 13.1. The summed E-state index contributed by atoms with van der Waals surface area (Å²) < 4.78 is 68.9. The van der Waals surface area contributed by atoms with Crippen molar-refractivity contribution in [2.45, 2.75) is 464 Å². The summed E-state index contributed by atoms with van der Waals surface area (Å²) in [6.45, 7) is 9.68. The minimum Gasteiger partial charge on any atom is -0.462 e. The second-order valence-corrected chi connectivity index (χ2v) is 33.8. The summed E-state index contributed by atoms with van der Waals surface area (Å²) in [7, 11) is -9.93. The summed E-state index contributed by atoms with van der Waals surface area (Å²) in [4.78, 5) is 73.2. The lowest BCUT2D eigenvalue weighted by molar-refractivity contribution is -0.161. The molecule has 0 saturated heterocycles. The van der Waals surface area contributed by atoms with Gasteiger partial charge in [0.25, 0.3) is 0 Å². The van der Waals surface area contributed by atoms with Crippen molar-refractivity contribution in [3.63, 3.8) is 0 Å². The van der Waals surface area contributed by atoms with Gasteiger partial charge in [0.2, 0.25) is 0 Å². The van der Waals surface area contributed by atoms with Crippen LogP contribution in [0.1, 0.15) is 446 Å². The van der Waals surface area contributed by atoms with E-state index in [0.29, 0.717) is 25.7 Å². The van der Waals surface area contributed by atoms with Crippen LogP contribution in [0.4, 0.5) is 0 Å². The van der Waals surface area contributed by atoms with Crippen LogP contribution in [0.25, 0.3) is 0 Å². The number of esters is 4. The summed E-state index contributed by atoms with van der Waals surface area (Å²) in [5, 5.41) is 10.7. The molecule has 0 radical (unpaired) electrons. The largest absolute Gasteiger partial charge is 0.472 e. The van der Waals surface area contributed by atoms with E-state index in [4.69, 9.17) is 37.0 Å². The van der Waals surface area contributed by atoms with E-state index in [2.05, 4.69) is 41.5 Å². The minimum atomic E-state index is -4.96. The first-order valence-electron chi connectivity index (χ1n) is 43.5. The van der Waals surface area contributed by atoms with E-state index in [9.17, 15) is 43.2 Å². The highest BCUT2D eigenvalue weighted by atomic mass is 31.2. The van der Waals surface area contributed by atoms with Gasteiger partial charge in [0.05, 0.1) is 26.4 Å². The van der Waals surface area contributed by atoms with Crippen molar-refractivity contribution in [2.75, 3.05) is 39.6 Å². The standard InChI is InChI=1S/C84H164O17P2/c1-7-10-12-14-16-18-20-22-24-26-28-33-37-41-48-54-60-66-81(86)94-72-79(100-83(88)69-63-57-51-43-39-35-31-30-32-36-40-47-53-59-65-77(6)9-3)74-98-102(90,91)96-70-78(85)71-97-103(92,93)99-75-80(73-95-82(87)67-61-55-49-45-44-46-52-58-64-76(4)5)101-84(89)68-62-56-50-42-38-34-29-27-25-23-21-19-17-15-13-11-8-2/h76-80,85H,7-75H2,1-6H3,(H,90,91)(H,92,93)/t77?,78-,79-,80-/m1/s1. The van der Waals surface area contributed by atoms with Crippen molar-refractivity contribution in [2.24, 2.45) is 11.8 Å². The quantitative estimate of drug-likeness (QED) is 0.0222. The molecule has 3 unspecified atom stereocenters. The summed E-state index contributed by atoms with van der Waals surface area (Å²) in [5.41, 5.74) is 0. The molecule has 0 aromatic carbocycles. The molecule has 0 spiro atoms. The summed E-state index contributed by atoms with van der Waals surface area (Å²) in [6.07, 6.45) is 66.5. The lowest BCUT2D eigenvalue weighted by Gasteiger charge is -2.21. The minimum absolute atomic E-state index is 0.108. The van der Waals surface area contributed by atoms with Crippen molar-refractivity contribution in [1.82, 2.24) is 0 Å². The Balaban J connectivity index is 5.25. The molecule has 0 aromatic heterocycles. The molecule has 0 amide bonds. The van der Waals surface area contributed by atoms with E-state index < -0.39 is 97.5 Å². The Kier molecular flexibility index (Phi) is 74.1. The van der Waals surface area contributed by atoms with Gasteiger partial charge < -0.3 is 33.8 Å². The predicted molar refractivity (Wildman–Crippen MR) is 423 cm³/mol. The molecule has 612 valence electrons. The third-order valence-electron chi connectivity index (χ3n) is 20.1. The van der Waals surface area contributed by atoms with E-state index in [1.807, 2.05) is 0 Å². The maximum Gasteiger partial charge on any atom is 0.472 e. The molecule has 17 nitrogen and oxygen atoms in total. The van der Waals surface area contributed by atoms with Crippen LogP contribution in [0.5, 0.6) is 0 Å². The predicted octanol–water partition coefficient (Wildman–Crippen LogP) is 25.5. The number of aliphatic hydroxyl groups is 1. The van der Waals surface area contributed by atoms with Crippen LogP contribution in [0.3, 0.4) is 0 Å². The van der Waals surface area contributed by atoms with E-state index >= 15 is 0 Å². The smallest absolute Gasteiger partial charge is 0.462 e. The van der Waals surface area contributed by atoms with E-state index in [-0.39, 0.29) is 25.7 Å². The number of rotatable bonds is 83. The fraction of sp³-hybridized carbons (Fsp3) is 0.952. The van der Waals surface area contributed by atoms with Crippen LogP contribution in [0, 0.1) is 11.8 Å². The molecule has 0 saturated carbocycles. The molecule has 0 fully saturated rings. The van der Waals surface area contributed by atoms with Crippen LogP contribution in [0.15, 0.2) is 0 Å². The first kappa shape index (κ1) is 101. The highest BCUT2D eigenvalue weighted by molar-refractivity contribution is 7.47. The first-order valence-corrected chi connectivity index (χ1v) is 46.5. The first-order chi connectivity index (χ1) is 49.9. The summed E-state index contributed by atoms with van der Waals surface area (Å²) in [6, 6.07) is 0. The molecule has 103 heavy (non-hydrogen) atoms. The van der Waals surface area contributed by atoms with Gasteiger partial charge in [-0.2, -0.15) is 0 Å². The molecule has 6 atom stereocenters. The van der Waals surface area contributed by atoms with Gasteiger partial charge in [0, 0.05) is 25.7 Å². The second-order valence-electron chi connectivity index (χ2n) is 30.9. The van der Waals surface area contributed by atoms with Gasteiger partial charge in [-0.15, -0.1) is 0 Å². The molecular weight excluding hydrogens is 1340 g/mol. The fourth-order valence-electron chi connectivity index (χ4n) is 13.0. The Morgan fingerprint density at radius 3 is 0.738 bits per heavy atom. The molecule has 0 heterocycles. The van der Waals surface area contributed by atoms with Gasteiger partial charge in [0.15, 0.2) is 12.2 Å². The highest BCUT2D eigenvalue weighted by Gasteiger charge is 2.30. The number of aliphatic hydroxyl groups excluding tert-OH is 1. The van der Waals surface area contributed by atoms with Crippen LogP contribution in [0.2, 0.25) is 0 Å². The number of carbonyl (C=O) groups is 4. The zero-order chi connectivity index (χ0) is 75.6. The topological polar surface area (TPSA) is 237 Å². The number of ether oxygens (including phenoxy) is 4. The van der Waals surface area contributed by atoms with Gasteiger partial charge in [-0.1, -0.05) is 395 Å². The average Bonchev–Trinajstić information content (AvgIpc) is 0.917. The zero-order valence-corrected chi connectivity index (χ0v) is 69.4. The number of phosphoric acid groups is 2. The molecule has 3 N–H and O–H groups in total. The van der Waals surface area contributed by atoms with Gasteiger partial charge in [-0.3, -0.25) is 37.3 Å². The van der Waals surface area contributed by atoms with Gasteiger partial charge in [-0.25, -0.2) is 9.13 Å². The monoisotopic (exact) mass is 1510 g/mol. The molecular formula is C84H164O17P2.